The molecule has 5 rings (SSSR count). The van der Waals surface area contributed by atoms with E-state index in [1.54, 1.807) is 19.1 Å². The monoisotopic (exact) mass is 486 g/mol. The zero-order valence-electron chi connectivity index (χ0n) is 21.6. The number of Topliss-reactive ketones (excluding diaryl/α,β-unsaturated/α-hetero) is 1. The van der Waals surface area contributed by atoms with Gasteiger partial charge in [-0.1, -0.05) is 38.5 Å². The number of rotatable bonds is 4. The molecule has 4 aliphatic carbocycles. The molecule has 188 valence electrons. The van der Waals surface area contributed by atoms with E-state index in [1.807, 2.05) is 19.1 Å². The van der Waals surface area contributed by atoms with Crippen LogP contribution in [0.5, 0.6) is 0 Å². The predicted octanol–water partition coefficient (Wildman–Crippen LogP) is 6.71. The lowest BCUT2D eigenvalue weighted by molar-refractivity contribution is -0.168. The van der Waals surface area contributed by atoms with Crippen LogP contribution in [0.2, 0.25) is 0 Å². The second-order valence-corrected chi connectivity index (χ2v) is 14.5. The minimum Gasteiger partial charge on any atom is -0.300 e. The summed E-state index contributed by atoms with van der Waals surface area (Å²) in [6.07, 6.45) is 9.38. The van der Waals surface area contributed by atoms with E-state index in [1.165, 1.54) is 19.3 Å². The number of hydrogen-bond donors (Lipinski definition) is 0. The Kier molecular flexibility index (Phi) is 5.88. The fourth-order valence-corrected chi connectivity index (χ4v) is 10.4. The van der Waals surface area contributed by atoms with Gasteiger partial charge in [0.2, 0.25) is 0 Å². The van der Waals surface area contributed by atoms with Gasteiger partial charge >= 0.3 is 0 Å². The molecule has 0 unspecified atom stereocenters. The normalized spacial score (nSPS) is 44.1. The summed E-state index contributed by atoms with van der Waals surface area (Å²) in [6.45, 7) is 11.1. The fourth-order valence-electron chi connectivity index (χ4n) is 9.28. The highest BCUT2D eigenvalue weighted by Crippen LogP contribution is 2.70. The molecule has 4 aliphatic rings. The minimum atomic E-state index is -3.75. The number of hydrogen-bond acceptors (Lipinski definition) is 4. The van der Waals surface area contributed by atoms with Crippen LogP contribution in [-0.2, 0) is 19.1 Å². The van der Waals surface area contributed by atoms with E-state index in [0.717, 1.165) is 44.1 Å². The van der Waals surface area contributed by atoms with Gasteiger partial charge in [-0.3, -0.25) is 8.98 Å². The van der Waals surface area contributed by atoms with Crippen LogP contribution in [-0.4, -0.2) is 20.3 Å². The van der Waals surface area contributed by atoms with Crippen molar-refractivity contribution in [3.8, 4) is 0 Å². The number of carbonyl (C=O) groups excluding carboxylic acids is 1. The first-order chi connectivity index (χ1) is 15.9. The molecular formula is C29H42O4S. The third-order valence-corrected chi connectivity index (χ3v) is 12.8. The van der Waals surface area contributed by atoms with Crippen molar-refractivity contribution in [1.82, 2.24) is 0 Å². The molecule has 0 amide bonds. The Morgan fingerprint density at radius 2 is 1.62 bits per heavy atom. The van der Waals surface area contributed by atoms with E-state index in [2.05, 4.69) is 20.8 Å². The van der Waals surface area contributed by atoms with Crippen molar-refractivity contribution < 1.29 is 17.4 Å². The second-order valence-electron chi connectivity index (χ2n) is 12.9. The average molecular weight is 487 g/mol. The molecule has 0 bridgehead atoms. The van der Waals surface area contributed by atoms with E-state index in [9.17, 15) is 13.2 Å². The van der Waals surface area contributed by atoms with Crippen molar-refractivity contribution in [1.29, 1.82) is 0 Å². The lowest BCUT2D eigenvalue weighted by Crippen LogP contribution is -2.58. The maximum Gasteiger partial charge on any atom is 0.297 e. The molecule has 0 saturated heterocycles. The van der Waals surface area contributed by atoms with Crippen LogP contribution in [0.4, 0.5) is 0 Å². The molecule has 34 heavy (non-hydrogen) atoms. The summed E-state index contributed by atoms with van der Waals surface area (Å²) < 4.78 is 31.8. The summed E-state index contributed by atoms with van der Waals surface area (Å²) >= 11 is 0. The number of ketones is 1. The van der Waals surface area contributed by atoms with Crippen LogP contribution in [0, 0.1) is 46.8 Å². The number of carbonyl (C=O) groups is 1. The van der Waals surface area contributed by atoms with Crippen molar-refractivity contribution in [2.75, 3.05) is 0 Å². The molecule has 1 aromatic rings. The molecule has 4 saturated carbocycles. The largest absolute Gasteiger partial charge is 0.300 e. The first-order valence-electron chi connectivity index (χ1n) is 13.4. The van der Waals surface area contributed by atoms with Crippen LogP contribution in [0.25, 0.3) is 0 Å². The van der Waals surface area contributed by atoms with Gasteiger partial charge in [-0.2, -0.15) is 8.42 Å². The van der Waals surface area contributed by atoms with Gasteiger partial charge < -0.3 is 0 Å². The lowest BCUT2D eigenvalue weighted by Gasteiger charge is -2.65. The van der Waals surface area contributed by atoms with Crippen molar-refractivity contribution in [2.24, 2.45) is 39.9 Å². The van der Waals surface area contributed by atoms with E-state index in [0.29, 0.717) is 23.5 Å². The van der Waals surface area contributed by atoms with Gasteiger partial charge in [-0.25, -0.2) is 0 Å². The maximum atomic E-state index is 13.0. The minimum absolute atomic E-state index is 0.0895. The highest BCUT2D eigenvalue weighted by atomic mass is 32.2. The topological polar surface area (TPSA) is 60.4 Å². The van der Waals surface area contributed by atoms with Crippen LogP contribution in [0.3, 0.4) is 0 Å². The Bertz CT molecular complexity index is 1060. The number of fused-ring (bicyclic) bond motifs is 5. The van der Waals surface area contributed by atoms with Gasteiger partial charge in [0.05, 0.1) is 11.0 Å². The summed E-state index contributed by atoms with van der Waals surface area (Å²) in [7, 11) is -3.75. The van der Waals surface area contributed by atoms with Crippen LogP contribution < -0.4 is 0 Å². The van der Waals surface area contributed by atoms with Gasteiger partial charge in [0.1, 0.15) is 5.78 Å². The molecular weight excluding hydrogens is 444 g/mol. The average Bonchev–Trinajstić information content (AvgIpc) is 3.12. The van der Waals surface area contributed by atoms with Crippen LogP contribution >= 0.6 is 0 Å². The smallest absolute Gasteiger partial charge is 0.297 e. The van der Waals surface area contributed by atoms with Gasteiger partial charge in [0.15, 0.2) is 0 Å². The van der Waals surface area contributed by atoms with Gasteiger partial charge in [0.25, 0.3) is 10.1 Å². The molecule has 5 heteroatoms. The first kappa shape index (κ1) is 24.5. The van der Waals surface area contributed by atoms with E-state index in [-0.39, 0.29) is 33.2 Å². The molecule has 0 radical (unpaired) electrons. The Balaban J connectivity index is 1.34. The fraction of sp³-hybridized carbons (Fsp3) is 0.759. The lowest BCUT2D eigenvalue weighted by atomic mass is 9.40. The van der Waals surface area contributed by atoms with Crippen molar-refractivity contribution in [3.63, 3.8) is 0 Å². The van der Waals surface area contributed by atoms with Crippen LogP contribution in [0.15, 0.2) is 29.2 Å². The summed E-state index contributed by atoms with van der Waals surface area (Å²) in [5.41, 5.74) is 1.52. The Morgan fingerprint density at radius 3 is 2.29 bits per heavy atom. The van der Waals surface area contributed by atoms with Gasteiger partial charge in [-0.15, -0.1) is 0 Å². The highest BCUT2D eigenvalue weighted by Gasteiger charge is 2.64. The molecule has 0 aromatic heterocycles. The SMILES string of the molecule is CC(=O)[C@H]1CC[C@H]2[C@@H]3CC[C@@]4(C)C[C@H](OS(=O)(=O)c5ccc(C)cc5)CC[C@]4(C)[C@H]3CC[C@]12C. The number of benzene rings is 1. The zero-order chi connectivity index (χ0) is 24.5. The zero-order valence-corrected chi connectivity index (χ0v) is 22.4. The first-order valence-corrected chi connectivity index (χ1v) is 14.8. The van der Waals surface area contributed by atoms with Crippen molar-refractivity contribution in [3.05, 3.63) is 29.8 Å². The van der Waals surface area contributed by atoms with Crippen molar-refractivity contribution in [2.45, 2.75) is 103 Å². The van der Waals surface area contributed by atoms with Gasteiger partial charge in [-0.05, 0) is 118 Å². The third-order valence-electron chi connectivity index (χ3n) is 11.4. The third kappa shape index (κ3) is 3.63. The molecule has 1 aromatic carbocycles. The number of aryl methyl sites for hydroxylation is 1. The van der Waals surface area contributed by atoms with Gasteiger partial charge in [0, 0.05) is 5.92 Å². The Morgan fingerprint density at radius 1 is 0.912 bits per heavy atom. The quantitative estimate of drug-likeness (QED) is 0.444. The van der Waals surface area contributed by atoms with E-state index < -0.39 is 10.1 Å². The Hall–Kier alpha value is -1.20. The highest BCUT2D eigenvalue weighted by molar-refractivity contribution is 7.86. The molecule has 8 atom stereocenters. The summed E-state index contributed by atoms with van der Waals surface area (Å²) in [5, 5.41) is 0. The van der Waals surface area contributed by atoms with E-state index >= 15 is 0 Å². The predicted molar refractivity (Wildman–Crippen MR) is 134 cm³/mol. The molecule has 4 fully saturated rings. The summed E-state index contributed by atoms with van der Waals surface area (Å²) in [4.78, 5) is 12.7. The van der Waals surface area contributed by atoms with E-state index in [4.69, 9.17) is 4.18 Å². The second kappa shape index (κ2) is 8.16. The summed E-state index contributed by atoms with van der Waals surface area (Å²) in [5.74, 6) is 2.68. The molecule has 0 heterocycles. The maximum absolute atomic E-state index is 13.0. The van der Waals surface area contributed by atoms with Crippen molar-refractivity contribution >= 4 is 15.9 Å². The molecule has 4 nitrogen and oxygen atoms in total. The standard InChI is InChI=1S/C29H42O4S/c1-19-6-8-22(9-7-19)34(31,32)33-21-12-17-29(5)26-14-16-28(4)24(20(2)30)10-11-25(28)23(26)13-15-27(29,3)18-21/h6-9,21,23-26H,10-18H2,1-5H3/t21-,23+,24-,25+,26+,27+,28-,29-/m1/s1. The Labute approximate surface area is 206 Å². The summed E-state index contributed by atoms with van der Waals surface area (Å²) in [6, 6.07) is 6.96. The van der Waals surface area contributed by atoms with Crippen LogP contribution in [0.1, 0.15) is 91.0 Å². The molecule has 0 N–H and O–H groups in total. The molecule has 0 spiro atoms. The molecule has 0 aliphatic heterocycles.